The minimum Gasteiger partial charge on any atom is -0.366 e. The molecule has 1 unspecified atom stereocenters. The summed E-state index contributed by atoms with van der Waals surface area (Å²) in [4.78, 5) is 20.8. The Balaban J connectivity index is 1.72. The number of rotatable bonds is 5. The maximum absolute atomic E-state index is 11.5. The Bertz CT molecular complexity index is 1200. The number of ether oxygens (including phenoxy) is 2. The third-order valence-electron chi connectivity index (χ3n) is 5.35. The first-order valence-electron chi connectivity index (χ1n) is 9.86. The number of imidazole rings is 1. The van der Waals surface area contributed by atoms with E-state index in [-0.39, 0.29) is 6.79 Å². The van der Waals surface area contributed by atoms with Gasteiger partial charge in [0.2, 0.25) is 5.91 Å². The van der Waals surface area contributed by atoms with Gasteiger partial charge in [0.15, 0.2) is 5.72 Å². The van der Waals surface area contributed by atoms with E-state index in [4.69, 9.17) is 20.2 Å². The van der Waals surface area contributed by atoms with Crippen molar-refractivity contribution in [2.24, 2.45) is 5.73 Å². The number of nitrogens with zero attached hydrogens (tertiary/aromatic N) is 3. The average molecular weight is 412 g/mol. The molecule has 1 aliphatic rings. The molecule has 4 aromatic rings. The monoisotopic (exact) mass is 412 g/mol. The van der Waals surface area contributed by atoms with Gasteiger partial charge in [-0.2, -0.15) is 0 Å². The summed E-state index contributed by atoms with van der Waals surface area (Å²) in [6, 6.07) is 22.7. The van der Waals surface area contributed by atoms with Crippen LogP contribution in [0.1, 0.15) is 15.9 Å². The molecule has 0 radical (unpaired) electrons. The minimum atomic E-state index is -0.876. The molecular weight excluding hydrogens is 392 g/mol. The van der Waals surface area contributed by atoms with E-state index in [0.29, 0.717) is 23.7 Å². The third-order valence-corrected chi connectivity index (χ3v) is 5.35. The Morgan fingerprint density at radius 1 is 0.968 bits per heavy atom. The Morgan fingerprint density at radius 2 is 1.74 bits per heavy atom. The van der Waals surface area contributed by atoms with Crippen molar-refractivity contribution in [2.75, 3.05) is 13.4 Å². The van der Waals surface area contributed by atoms with Crippen molar-refractivity contribution in [2.45, 2.75) is 5.72 Å². The van der Waals surface area contributed by atoms with E-state index in [9.17, 15) is 4.79 Å². The van der Waals surface area contributed by atoms with E-state index in [1.165, 1.54) is 0 Å². The first-order chi connectivity index (χ1) is 15.2. The normalized spacial score (nSPS) is 18.2. The van der Waals surface area contributed by atoms with Crippen molar-refractivity contribution in [3.05, 3.63) is 96.3 Å². The van der Waals surface area contributed by atoms with E-state index in [1.807, 2.05) is 71.4 Å². The number of nitrogens with two attached hydrogens (primary N) is 1. The number of aromatic nitrogens is 3. The van der Waals surface area contributed by atoms with Gasteiger partial charge in [-0.1, -0.05) is 48.5 Å². The summed E-state index contributed by atoms with van der Waals surface area (Å²) in [5.74, 6) is 0.198. The van der Waals surface area contributed by atoms with E-state index < -0.39 is 11.6 Å². The number of carbonyl (C=O) groups is 1. The van der Waals surface area contributed by atoms with Gasteiger partial charge >= 0.3 is 0 Å². The fourth-order valence-corrected chi connectivity index (χ4v) is 3.78. The van der Waals surface area contributed by atoms with Gasteiger partial charge in [-0.15, -0.1) is 0 Å². The van der Waals surface area contributed by atoms with Gasteiger partial charge in [-0.3, -0.25) is 14.3 Å². The van der Waals surface area contributed by atoms with E-state index in [0.717, 1.165) is 16.8 Å². The van der Waals surface area contributed by atoms with Crippen LogP contribution in [0.25, 0.3) is 22.8 Å². The van der Waals surface area contributed by atoms with Gasteiger partial charge < -0.3 is 15.2 Å². The zero-order valence-corrected chi connectivity index (χ0v) is 16.6. The summed E-state index contributed by atoms with van der Waals surface area (Å²) in [7, 11) is 0. The van der Waals surface area contributed by atoms with Crippen molar-refractivity contribution in [1.82, 2.24) is 14.5 Å². The molecule has 2 N–H and O–H groups in total. The number of hydrogen-bond donors (Lipinski definition) is 1. The van der Waals surface area contributed by atoms with Crippen LogP contribution >= 0.6 is 0 Å². The molecule has 5 rings (SSSR count). The van der Waals surface area contributed by atoms with Gasteiger partial charge in [0, 0.05) is 29.1 Å². The topological polar surface area (TPSA) is 92.3 Å². The molecule has 0 spiro atoms. The zero-order chi connectivity index (χ0) is 21.3. The highest BCUT2D eigenvalue weighted by Gasteiger charge is 2.42. The van der Waals surface area contributed by atoms with Gasteiger partial charge in [-0.25, -0.2) is 4.98 Å². The largest absolute Gasteiger partial charge is 0.366 e. The summed E-state index contributed by atoms with van der Waals surface area (Å²) in [5.41, 5.74) is 8.19. The summed E-state index contributed by atoms with van der Waals surface area (Å²) in [6.07, 6.45) is 3.67. The lowest BCUT2D eigenvalue weighted by Gasteiger charge is -2.30. The first kappa shape index (κ1) is 19.2. The van der Waals surface area contributed by atoms with Crippen LogP contribution < -0.4 is 5.73 Å². The van der Waals surface area contributed by atoms with Crippen molar-refractivity contribution in [3.8, 4) is 22.8 Å². The summed E-state index contributed by atoms with van der Waals surface area (Å²) in [5, 5.41) is 0. The first-order valence-corrected chi connectivity index (χ1v) is 9.86. The molecule has 7 nitrogen and oxygen atoms in total. The molecule has 1 saturated heterocycles. The number of pyridine rings is 1. The molecule has 2 aromatic heterocycles. The Hall–Kier alpha value is -3.81. The smallest absolute Gasteiger partial charge is 0.248 e. The van der Waals surface area contributed by atoms with Crippen LogP contribution in [0.3, 0.4) is 0 Å². The number of hydrogen-bond acceptors (Lipinski definition) is 5. The second-order valence-electron chi connectivity index (χ2n) is 7.24. The fourth-order valence-electron chi connectivity index (χ4n) is 3.78. The zero-order valence-electron chi connectivity index (χ0n) is 16.6. The van der Waals surface area contributed by atoms with Crippen LogP contribution in [-0.4, -0.2) is 33.8 Å². The number of amides is 1. The van der Waals surface area contributed by atoms with E-state index in [1.54, 1.807) is 18.3 Å². The molecule has 1 fully saturated rings. The second kappa shape index (κ2) is 7.79. The van der Waals surface area contributed by atoms with Crippen molar-refractivity contribution in [1.29, 1.82) is 0 Å². The van der Waals surface area contributed by atoms with Crippen molar-refractivity contribution >= 4 is 5.91 Å². The Morgan fingerprint density at radius 3 is 2.39 bits per heavy atom. The Kier molecular flexibility index (Phi) is 4.82. The number of benzene rings is 2. The highest BCUT2D eigenvalue weighted by atomic mass is 16.7. The molecule has 1 amide bonds. The third kappa shape index (κ3) is 3.39. The minimum absolute atomic E-state index is 0.173. The molecule has 7 heteroatoms. The number of primary amides is 1. The van der Waals surface area contributed by atoms with E-state index >= 15 is 0 Å². The summed E-state index contributed by atoms with van der Waals surface area (Å²) >= 11 is 0. The maximum atomic E-state index is 11.5. The van der Waals surface area contributed by atoms with Crippen LogP contribution in [0.4, 0.5) is 0 Å². The predicted molar refractivity (Wildman–Crippen MR) is 115 cm³/mol. The molecule has 2 aromatic carbocycles. The fraction of sp³-hybridized carbons (Fsp3) is 0.125. The Labute approximate surface area is 179 Å². The highest BCUT2D eigenvalue weighted by molar-refractivity contribution is 5.93. The molecular formula is C24H20N4O3. The van der Waals surface area contributed by atoms with Crippen LogP contribution in [0.5, 0.6) is 0 Å². The predicted octanol–water partition coefficient (Wildman–Crippen LogP) is 3.42. The molecule has 0 saturated carbocycles. The molecule has 1 atom stereocenters. The molecule has 0 aliphatic carbocycles. The molecule has 31 heavy (non-hydrogen) atoms. The van der Waals surface area contributed by atoms with Gasteiger partial charge in [0.25, 0.3) is 0 Å². The summed E-state index contributed by atoms with van der Waals surface area (Å²) in [6.45, 7) is 0.507. The lowest BCUT2D eigenvalue weighted by molar-refractivity contribution is -0.0297. The lowest BCUT2D eigenvalue weighted by Crippen LogP contribution is -2.37. The second-order valence-corrected chi connectivity index (χ2v) is 7.24. The van der Waals surface area contributed by atoms with Gasteiger partial charge in [0.1, 0.15) is 24.9 Å². The van der Waals surface area contributed by atoms with Gasteiger partial charge in [0.05, 0.1) is 5.69 Å². The van der Waals surface area contributed by atoms with Crippen molar-refractivity contribution < 1.29 is 14.3 Å². The van der Waals surface area contributed by atoms with Crippen molar-refractivity contribution in [3.63, 3.8) is 0 Å². The molecule has 154 valence electrons. The van der Waals surface area contributed by atoms with Crippen LogP contribution in [0.15, 0.2) is 85.2 Å². The van der Waals surface area contributed by atoms with Gasteiger partial charge in [-0.05, 0) is 24.3 Å². The van der Waals surface area contributed by atoms with Crippen LogP contribution in [0, 0.1) is 0 Å². The molecule has 3 heterocycles. The summed E-state index contributed by atoms with van der Waals surface area (Å²) < 4.78 is 13.9. The highest BCUT2D eigenvalue weighted by Crippen LogP contribution is 2.38. The number of carbonyl (C=O) groups excluding carboxylic acids is 1. The average Bonchev–Trinajstić information content (AvgIpc) is 3.49. The van der Waals surface area contributed by atoms with Crippen LogP contribution in [-0.2, 0) is 15.2 Å². The molecule has 0 bridgehead atoms. The van der Waals surface area contributed by atoms with Crippen LogP contribution in [0.2, 0.25) is 0 Å². The quantitative estimate of drug-likeness (QED) is 0.542. The maximum Gasteiger partial charge on any atom is 0.248 e. The SMILES string of the molecule is NC(=O)c1ccc(-c2nc(-c3ccccn3)cn2C2(c3ccccc3)COCO2)cc1. The lowest BCUT2D eigenvalue weighted by atomic mass is 10.0. The van der Waals surface area contributed by atoms with E-state index in [2.05, 4.69) is 4.98 Å². The molecule has 1 aliphatic heterocycles. The standard InChI is InChI=1S/C24H20N4O3/c25-22(29)17-9-11-18(12-10-17)23-27-21(20-8-4-5-13-26-20)14-28(23)24(15-30-16-31-24)19-6-2-1-3-7-19/h1-14H,15-16H2,(H2,25,29).